The molecule has 0 atom stereocenters. The highest BCUT2D eigenvalue weighted by Crippen LogP contribution is 2.20. The quantitative estimate of drug-likeness (QED) is 0.652. The van der Waals surface area contributed by atoms with Crippen molar-refractivity contribution in [2.45, 2.75) is 38.4 Å². The fourth-order valence-corrected chi connectivity index (χ4v) is 0.872. The van der Waals surface area contributed by atoms with Gasteiger partial charge in [-0.1, -0.05) is 0 Å². The van der Waals surface area contributed by atoms with Crippen LogP contribution in [0.2, 0.25) is 0 Å². The number of nitrogens with one attached hydrogen (secondary N) is 2. The Morgan fingerprint density at radius 1 is 1.24 bits per heavy atom. The molecule has 0 rings (SSSR count). The molecular weight excluding hydrogens is 241 g/mol. The van der Waals surface area contributed by atoms with Crippen LogP contribution in [-0.4, -0.2) is 35.4 Å². The number of hydrogen-bond donors (Lipinski definition) is 3. The Hall–Kier alpha value is -1.47. The molecule has 0 aromatic carbocycles. The van der Waals surface area contributed by atoms with Gasteiger partial charge in [0.1, 0.15) is 5.54 Å². The third-order valence-corrected chi connectivity index (χ3v) is 1.88. The van der Waals surface area contributed by atoms with E-state index in [9.17, 15) is 22.8 Å². The molecule has 0 saturated heterocycles. The molecule has 0 fully saturated rings. The number of aliphatic carboxylic acids is 1. The molecule has 0 radical (unpaired) electrons. The van der Waals surface area contributed by atoms with Crippen LogP contribution in [0.1, 0.15) is 26.7 Å². The zero-order valence-electron chi connectivity index (χ0n) is 9.52. The van der Waals surface area contributed by atoms with Crippen LogP contribution in [0, 0.1) is 0 Å². The van der Waals surface area contributed by atoms with Gasteiger partial charge < -0.3 is 15.7 Å². The maximum atomic E-state index is 11.8. The van der Waals surface area contributed by atoms with Gasteiger partial charge in [0, 0.05) is 13.0 Å². The molecule has 0 aliphatic heterocycles. The molecule has 17 heavy (non-hydrogen) atoms. The number of halogens is 3. The molecule has 100 valence electrons. The number of hydrogen-bond acceptors (Lipinski definition) is 2. The van der Waals surface area contributed by atoms with Crippen LogP contribution >= 0.6 is 0 Å². The first-order valence-corrected chi connectivity index (χ1v) is 4.91. The lowest BCUT2D eigenvalue weighted by molar-refractivity contribution is -0.142. The van der Waals surface area contributed by atoms with E-state index in [1.807, 2.05) is 0 Å². The van der Waals surface area contributed by atoms with Crippen molar-refractivity contribution >= 4 is 12.0 Å². The second kappa shape index (κ2) is 5.74. The predicted molar refractivity (Wildman–Crippen MR) is 53.5 cm³/mol. The lowest BCUT2D eigenvalue weighted by Gasteiger charge is -2.21. The molecule has 0 bridgehead atoms. The molecule has 0 aliphatic rings. The van der Waals surface area contributed by atoms with Crippen molar-refractivity contribution in [3.05, 3.63) is 0 Å². The summed E-state index contributed by atoms with van der Waals surface area (Å²) in [6.45, 7) is 2.37. The molecule has 2 amide bonds. The summed E-state index contributed by atoms with van der Waals surface area (Å²) in [6, 6.07) is -0.806. The summed E-state index contributed by atoms with van der Waals surface area (Å²) >= 11 is 0. The van der Waals surface area contributed by atoms with Gasteiger partial charge >= 0.3 is 18.2 Å². The van der Waals surface area contributed by atoms with Gasteiger partial charge in [-0.2, -0.15) is 13.2 Å². The van der Waals surface area contributed by atoms with Gasteiger partial charge in [-0.05, 0) is 20.3 Å². The van der Waals surface area contributed by atoms with Gasteiger partial charge in [-0.25, -0.2) is 9.59 Å². The number of carbonyl (C=O) groups is 2. The fourth-order valence-electron chi connectivity index (χ4n) is 0.872. The second-order valence-electron chi connectivity index (χ2n) is 4.03. The van der Waals surface area contributed by atoms with Crippen molar-refractivity contribution < 1.29 is 27.9 Å². The van der Waals surface area contributed by atoms with Crippen LogP contribution in [0.25, 0.3) is 0 Å². The molecule has 5 nitrogen and oxygen atoms in total. The average Bonchev–Trinajstić information content (AvgIpc) is 2.10. The van der Waals surface area contributed by atoms with Gasteiger partial charge in [0.05, 0.1) is 0 Å². The molecule has 0 heterocycles. The van der Waals surface area contributed by atoms with Gasteiger partial charge in [0.15, 0.2) is 0 Å². The number of rotatable bonds is 5. The zero-order valence-corrected chi connectivity index (χ0v) is 9.52. The SMILES string of the molecule is CC(C)(NC(=O)NCCCC(F)(F)F)C(=O)O. The van der Waals surface area contributed by atoms with Crippen molar-refractivity contribution in [2.24, 2.45) is 0 Å². The smallest absolute Gasteiger partial charge is 0.389 e. The number of carboxylic acid groups (broad SMARTS) is 1. The Morgan fingerprint density at radius 3 is 2.18 bits per heavy atom. The third kappa shape index (κ3) is 7.42. The highest BCUT2D eigenvalue weighted by atomic mass is 19.4. The number of carbonyl (C=O) groups excluding carboxylic acids is 1. The van der Waals surface area contributed by atoms with E-state index in [0.29, 0.717) is 0 Å². The molecule has 8 heteroatoms. The van der Waals surface area contributed by atoms with Gasteiger partial charge in [0.2, 0.25) is 0 Å². The first-order chi connectivity index (χ1) is 7.54. The molecule has 0 aromatic rings. The zero-order chi connectivity index (χ0) is 13.7. The van der Waals surface area contributed by atoms with Crippen LogP contribution in [0.4, 0.5) is 18.0 Å². The van der Waals surface area contributed by atoms with E-state index < -0.39 is 30.1 Å². The number of urea groups is 1. The maximum absolute atomic E-state index is 11.8. The van der Waals surface area contributed by atoms with Crippen LogP contribution in [0.5, 0.6) is 0 Å². The van der Waals surface area contributed by atoms with Crippen LogP contribution in [-0.2, 0) is 4.79 Å². The van der Waals surface area contributed by atoms with E-state index in [1.54, 1.807) is 0 Å². The number of alkyl halides is 3. The monoisotopic (exact) mass is 256 g/mol. The Balaban J connectivity index is 3.86. The molecule has 0 aromatic heterocycles. The Morgan fingerprint density at radius 2 is 1.76 bits per heavy atom. The van der Waals surface area contributed by atoms with E-state index >= 15 is 0 Å². The highest BCUT2D eigenvalue weighted by Gasteiger charge is 2.29. The lowest BCUT2D eigenvalue weighted by atomic mass is 10.1. The van der Waals surface area contributed by atoms with Crippen LogP contribution < -0.4 is 10.6 Å². The summed E-state index contributed by atoms with van der Waals surface area (Å²) in [5, 5.41) is 13.0. The number of carboxylic acids is 1. The van der Waals surface area contributed by atoms with Crippen molar-refractivity contribution in [3.8, 4) is 0 Å². The van der Waals surface area contributed by atoms with Gasteiger partial charge in [0.25, 0.3) is 0 Å². The van der Waals surface area contributed by atoms with E-state index in [4.69, 9.17) is 5.11 Å². The van der Waals surface area contributed by atoms with Crippen LogP contribution in [0.15, 0.2) is 0 Å². The summed E-state index contributed by atoms with van der Waals surface area (Å²) in [7, 11) is 0. The number of amides is 2. The first kappa shape index (κ1) is 15.5. The molecule has 0 unspecified atom stereocenters. The molecular formula is C9H15F3N2O3. The Labute approximate surface area is 96.4 Å². The van der Waals surface area contributed by atoms with Gasteiger partial charge in [-0.15, -0.1) is 0 Å². The second-order valence-corrected chi connectivity index (χ2v) is 4.03. The summed E-state index contributed by atoms with van der Waals surface area (Å²) < 4.78 is 35.3. The minimum atomic E-state index is -4.25. The third-order valence-electron chi connectivity index (χ3n) is 1.88. The fraction of sp³-hybridized carbons (Fsp3) is 0.778. The summed E-state index contributed by atoms with van der Waals surface area (Å²) in [5.41, 5.74) is -1.46. The largest absolute Gasteiger partial charge is 0.480 e. The summed E-state index contributed by atoms with van der Waals surface area (Å²) in [6.07, 6.45) is -5.49. The van der Waals surface area contributed by atoms with Crippen molar-refractivity contribution in [2.75, 3.05) is 6.54 Å². The van der Waals surface area contributed by atoms with Gasteiger partial charge in [-0.3, -0.25) is 0 Å². The first-order valence-electron chi connectivity index (χ1n) is 4.91. The molecule has 0 spiro atoms. The minimum absolute atomic E-state index is 0.166. The highest BCUT2D eigenvalue weighted by molar-refractivity contribution is 5.85. The average molecular weight is 256 g/mol. The standard InChI is InChI=1S/C9H15F3N2O3/c1-8(2,6(15)16)14-7(17)13-5-3-4-9(10,11)12/h3-5H2,1-2H3,(H,15,16)(H2,13,14,17). The van der Waals surface area contributed by atoms with E-state index in [0.717, 1.165) is 0 Å². The van der Waals surface area contributed by atoms with Crippen molar-refractivity contribution in [3.63, 3.8) is 0 Å². The topological polar surface area (TPSA) is 78.4 Å². The Bertz CT molecular complexity index is 290. The minimum Gasteiger partial charge on any atom is -0.480 e. The summed E-state index contributed by atoms with van der Waals surface area (Å²) in [4.78, 5) is 21.7. The molecule has 0 saturated carbocycles. The van der Waals surface area contributed by atoms with E-state index in [-0.39, 0.29) is 13.0 Å². The van der Waals surface area contributed by atoms with Crippen molar-refractivity contribution in [1.29, 1.82) is 0 Å². The normalized spacial score (nSPS) is 12.1. The lowest BCUT2D eigenvalue weighted by Crippen LogP contribution is -2.53. The Kier molecular flexibility index (Phi) is 5.24. The van der Waals surface area contributed by atoms with E-state index in [1.165, 1.54) is 13.8 Å². The predicted octanol–water partition coefficient (Wildman–Crippen LogP) is 1.49. The molecule has 3 N–H and O–H groups in total. The van der Waals surface area contributed by atoms with Crippen molar-refractivity contribution in [1.82, 2.24) is 10.6 Å². The van der Waals surface area contributed by atoms with Crippen LogP contribution in [0.3, 0.4) is 0 Å². The molecule has 0 aliphatic carbocycles. The maximum Gasteiger partial charge on any atom is 0.389 e. The van der Waals surface area contributed by atoms with E-state index in [2.05, 4.69) is 10.6 Å². The summed E-state index contributed by atoms with van der Waals surface area (Å²) in [5.74, 6) is -1.23.